The van der Waals surface area contributed by atoms with Gasteiger partial charge < -0.3 is 14.4 Å². The van der Waals surface area contributed by atoms with Crippen molar-refractivity contribution in [2.45, 2.75) is 11.3 Å². The fourth-order valence-corrected chi connectivity index (χ4v) is 4.54. The van der Waals surface area contributed by atoms with E-state index in [0.29, 0.717) is 28.4 Å². The SMILES string of the molecule is COc1ccc(SCC(=O)N(CCN(C)C)c2nc3ccc(OC(F)(F)F)cc3s2)cc1. The number of thiazole rings is 1. The number of alkyl halides is 3. The van der Waals surface area contributed by atoms with Gasteiger partial charge in [-0.25, -0.2) is 4.98 Å². The summed E-state index contributed by atoms with van der Waals surface area (Å²) in [5.41, 5.74) is 0.505. The number of nitrogens with zero attached hydrogens (tertiary/aromatic N) is 3. The molecule has 0 aliphatic carbocycles. The number of benzene rings is 2. The number of rotatable bonds is 9. The summed E-state index contributed by atoms with van der Waals surface area (Å²) in [6.07, 6.45) is -4.77. The molecule has 0 unspecified atom stereocenters. The number of fused-ring (bicyclic) bond motifs is 1. The Labute approximate surface area is 191 Å². The largest absolute Gasteiger partial charge is 0.573 e. The summed E-state index contributed by atoms with van der Waals surface area (Å²) in [5, 5.41) is 0.436. The lowest BCUT2D eigenvalue weighted by molar-refractivity contribution is -0.274. The van der Waals surface area contributed by atoms with Crippen molar-refractivity contribution in [3.63, 3.8) is 0 Å². The Balaban J connectivity index is 1.78. The van der Waals surface area contributed by atoms with Crippen LogP contribution in [0.15, 0.2) is 47.4 Å². The summed E-state index contributed by atoms with van der Waals surface area (Å²) in [6, 6.07) is 11.4. The molecular formula is C21H22F3N3O3S2. The molecule has 2 aromatic carbocycles. The summed E-state index contributed by atoms with van der Waals surface area (Å²) in [4.78, 5) is 21.9. The molecule has 6 nitrogen and oxygen atoms in total. The van der Waals surface area contributed by atoms with Crippen LogP contribution < -0.4 is 14.4 Å². The second kappa shape index (κ2) is 10.4. The van der Waals surface area contributed by atoms with E-state index in [4.69, 9.17) is 4.74 Å². The molecule has 1 heterocycles. The van der Waals surface area contributed by atoms with Crippen LogP contribution in [-0.4, -0.2) is 62.2 Å². The fraction of sp³-hybridized carbons (Fsp3) is 0.333. The summed E-state index contributed by atoms with van der Waals surface area (Å²) in [7, 11) is 5.38. The molecule has 0 spiro atoms. The predicted molar refractivity (Wildman–Crippen MR) is 121 cm³/mol. The summed E-state index contributed by atoms with van der Waals surface area (Å²) < 4.78 is 47.2. The van der Waals surface area contributed by atoms with Gasteiger partial charge in [-0.2, -0.15) is 0 Å². The van der Waals surface area contributed by atoms with Gasteiger partial charge in [0.15, 0.2) is 5.13 Å². The van der Waals surface area contributed by atoms with E-state index in [-0.39, 0.29) is 17.4 Å². The lowest BCUT2D eigenvalue weighted by atomic mass is 10.3. The molecule has 32 heavy (non-hydrogen) atoms. The van der Waals surface area contributed by atoms with Crippen molar-refractivity contribution >= 4 is 44.4 Å². The average molecular weight is 486 g/mol. The van der Waals surface area contributed by atoms with E-state index < -0.39 is 6.36 Å². The molecule has 0 atom stereocenters. The topological polar surface area (TPSA) is 54.9 Å². The van der Waals surface area contributed by atoms with E-state index in [9.17, 15) is 18.0 Å². The minimum absolute atomic E-state index is 0.140. The van der Waals surface area contributed by atoms with E-state index in [2.05, 4.69) is 9.72 Å². The van der Waals surface area contributed by atoms with Crippen molar-refractivity contribution in [2.75, 3.05) is 44.9 Å². The maximum Gasteiger partial charge on any atom is 0.573 e. The Hall–Kier alpha value is -2.50. The second-order valence-electron chi connectivity index (χ2n) is 6.99. The lowest BCUT2D eigenvalue weighted by Crippen LogP contribution is -2.37. The first-order valence-corrected chi connectivity index (χ1v) is 11.3. The highest BCUT2D eigenvalue weighted by atomic mass is 32.2. The number of hydrogen-bond acceptors (Lipinski definition) is 7. The first kappa shape index (κ1) is 24.1. The molecule has 172 valence electrons. The molecule has 1 amide bonds. The first-order chi connectivity index (χ1) is 15.1. The van der Waals surface area contributed by atoms with E-state index >= 15 is 0 Å². The van der Waals surface area contributed by atoms with Gasteiger partial charge in [-0.3, -0.25) is 9.69 Å². The third-order valence-corrected chi connectivity index (χ3v) is 6.34. The van der Waals surface area contributed by atoms with Gasteiger partial charge in [0, 0.05) is 24.1 Å². The highest BCUT2D eigenvalue weighted by molar-refractivity contribution is 8.00. The van der Waals surface area contributed by atoms with Crippen LogP contribution in [0, 0.1) is 0 Å². The van der Waals surface area contributed by atoms with Crippen molar-refractivity contribution in [2.24, 2.45) is 0 Å². The van der Waals surface area contributed by atoms with Gasteiger partial charge in [-0.1, -0.05) is 11.3 Å². The third-order valence-electron chi connectivity index (χ3n) is 4.31. The quantitative estimate of drug-likeness (QED) is 0.402. The number of hydrogen-bond donors (Lipinski definition) is 0. The molecule has 3 aromatic rings. The molecule has 1 aromatic heterocycles. The summed E-state index contributed by atoms with van der Waals surface area (Å²) in [6.45, 7) is 1.01. The minimum atomic E-state index is -4.77. The van der Waals surface area contributed by atoms with Crippen LogP contribution in [0.3, 0.4) is 0 Å². The van der Waals surface area contributed by atoms with Crippen LogP contribution in [0.5, 0.6) is 11.5 Å². The van der Waals surface area contributed by atoms with Gasteiger partial charge in [0.05, 0.1) is 23.1 Å². The number of anilines is 1. The smallest absolute Gasteiger partial charge is 0.497 e. The minimum Gasteiger partial charge on any atom is -0.497 e. The number of amides is 1. The zero-order chi connectivity index (χ0) is 23.3. The number of methoxy groups -OCH3 is 1. The molecule has 0 aliphatic heterocycles. The monoisotopic (exact) mass is 485 g/mol. The molecule has 0 fully saturated rings. The Bertz CT molecular complexity index is 1060. The predicted octanol–water partition coefficient (Wildman–Crippen LogP) is 4.89. The maximum atomic E-state index is 13.0. The van der Waals surface area contributed by atoms with Gasteiger partial charge in [-0.15, -0.1) is 24.9 Å². The van der Waals surface area contributed by atoms with E-state index in [1.807, 2.05) is 43.3 Å². The van der Waals surface area contributed by atoms with Gasteiger partial charge in [0.1, 0.15) is 11.5 Å². The molecule has 0 bridgehead atoms. The third kappa shape index (κ3) is 6.75. The molecule has 3 rings (SSSR count). The normalized spacial score (nSPS) is 11.7. The van der Waals surface area contributed by atoms with Gasteiger partial charge in [0.2, 0.25) is 5.91 Å². The van der Waals surface area contributed by atoms with Crippen LogP contribution in [0.4, 0.5) is 18.3 Å². The number of aromatic nitrogens is 1. The van der Waals surface area contributed by atoms with Gasteiger partial charge in [-0.05, 0) is 50.5 Å². The highest BCUT2D eigenvalue weighted by Crippen LogP contribution is 2.34. The van der Waals surface area contributed by atoms with Crippen molar-refractivity contribution < 1.29 is 27.4 Å². The first-order valence-electron chi connectivity index (χ1n) is 9.53. The standard InChI is InChI=1S/C21H22F3N3O3S2/c1-26(2)10-11-27(19(28)13-31-16-7-4-14(29-3)5-8-16)20-25-17-9-6-15(12-18(17)32-20)30-21(22,23)24/h4-9,12H,10-11,13H2,1-3H3. The zero-order valence-corrected chi connectivity index (χ0v) is 19.3. The summed E-state index contributed by atoms with van der Waals surface area (Å²) in [5.74, 6) is 0.467. The Morgan fingerprint density at radius 3 is 2.41 bits per heavy atom. The maximum absolute atomic E-state index is 13.0. The molecule has 0 radical (unpaired) electrons. The molecule has 0 aliphatic rings. The van der Waals surface area contributed by atoms with Crippen molar-refractivity contribution in [1.29, 1.82) is 0 Å². The van der Waals surface area contributed by atoms with Crippen molar-refractivity contribution in [1.82, 2.24) is 9.88 Å². The molecule has 11 heteroatoms. The van der Waals surface area contributed by atoms with Crippen LogP contribution in [0.1, 0.15) is 0 Å². The number of likely N-dealkylation sites (N-methyl/N-ethyl adjacent to an activating group) is 1. The summed E-state index contributed by atoms with van der Waals surface area (Å²) >= 11 is 2.55. The number of carbonyl (C=O) groups excluding carboxylic acids is 1. The van der Waals surface area contributed by atoms with Crippen LogP contribution in [0.2, 0.25) is 0 Å². The van der Waals surface area contributed by atoms with Crippen LogP contribution in [0.25, 0.3) is 10.2 Å². The fourth-order valence-electron chi connectivity index (χ4n) is 2.73. The second-order valence-corrected chi connectivity index (χ2v) is 9.04. The van der Waals surface area contributed by atoms with E-state index in [0.717, 1.165) is 22.0 Å². The molecule has 0 saturated carbocycles. The molecule has 0 N–H and O–H groups in total. The highest BCUT2D eigenvalue weighted by Gasteiger charge is 2.31. The number of carbonyl (C=O) groups is 1. The zero-order valence-electron chi connectivity index (χ0n) is 17.7. The van der Waals surface area contributed by atoms with Gasteiger partial charge in [0.25, 0.3) is 0 Å². The molecule has 0 saturated heterocycles. The Morgan fingerprint density at radius 2 is 1.78 bits per heavy atom. The van der Waals surface area contributed by atoms with E-state index in [1.165, 1.54) is 30.0 Å². The Morgan fingerprint density at radius 1 is 1.09 bits per heavy atom. The van der Waals surface area contributed by atoms with Gasteiger partial charge >= 0.3 is 6.36 Å². The number of halogens is 3. The number of thioether (sulfide) groups is 1. The van der Waals surface area contributed by atoms with E-state index in [1.54, 1.807) is 12.0 Å². The van der Waals surface area contributed by atoms with Crippen LogP contribution in [-0.2, 0) is 4.79 Å². The average Bonchev–Trinajstić information content (AvgIpc) is 3.14. The number of ether oxygens (including phenoxy) is 2. The molecular weight excluding hydrogens is 463 g/mol. The van der Waals surface area contributed by atoms with Crippen LogP contribution >= 0.6 is 23.1 Å². The van der Waals surface area contributed by atoms with Crippen molar-refractivity contribution in [3.05, 3.63) is 42.5 Å². The van der Waals surface area contributed by atoms with Crippen molar-refractivity contribution in [3.8, 4) is 11.5 Å². The Kier molecular flexibility index (Phi) is 7.86. The lowest BCUT2D eigenvalue weighted by Gasteiger charge is -2.21.